The molecule has 2 aromatic heterocycles. The van der Waals surface area contributed by atoms with Crippen LogP contribution in [0.4, 0.5) is 10.5 Å². The number of carbonyl (C=O) groups excluding carboxylic acids is 1. The second kappa shape index (κ2) is 6.02. The first-order chi connectivity index (χ1) is 8.79. The average Bonchev–Trinajstić information content (AvgIpc) is 2.90. The number of anilines is 1. The monoisotopic (exact) mass is 263 g/mol. The van der Waals surface area contributed by atoms with E-state index in [1.54, 1.807) is 29.7 Å². The van der Waals surface area contributed by atoms with Crippen LogP contribution >= 0.6 is 11.3 Å². The van der Waals surface area contributed by atoms with Gasteiger partial charge < -0.3 is 15.4 Å². The quantitative estimate of drug-likeness (QED) is 0.890. The molecule has 0 aromatic carbocycles. The molecule has 2 heterocycles. The molecule has 18 heavy (non-hydrogen) atoms. The summed E-state index contributed by atoms with van der Waals surface area (Å²) in [5.41, 5.74) is 0.545. The number of thiophene rings is 1. The maximum absolute atomic E-state index is 11.7. The molecule has 0 fully saturated rings. The van der Waals surface area contributed by atoms with Gasteiger partial charge in [0.25, 0.3) is 0 Å². The number of methoxy groups -OCH3 is 1. The Balaban J connectivity index is 1.90. The summed E-state index contributed by atoms with van der Waals surface area (Å²) in [6, 6.07) is 7.10. The van der Waals surface area contributed by atoms with Gasteiger partial charge in [0.1, 0.15) is 5.69 Å². The highest BCUT2D eigenvalue weighted by molar-refractivity contribution is 7.09. The lowest BCUT2D eigenvalue weighted by molar-refractivity contribution is 0.251. The number of hydrogen-bond acceptors (Lipinski definition) is 4. The Morgan fingerprint density at radius 3 is 3.06 bits per heavy atom. The molecule has 2 aromatic rings. The van der Waals surface area contributed by atoms with E-state index in [-0.39, 0.29) is 6.03 Å². The Morgan fingerprint density at radius 2 is 2.33 bits per heavy atom. The van der Waals surface area contributed by atoms with Gasteiger partial charge in [-0.2, -0.15) is 0 Å². The topological polar surface area (TPSA) is 63.2 Å². The van der Waals surface area contributed by atoms with Crippen molar-refractivity contribution in [2.75, 3.05) is 12.4 Å². The van der Waals surface area contributed by atoms with Crippen molar-refractivity contribution in [2.45, 2.75) is 6.54 Å². The minimum absolute atomic E-state index is 0.283. The molecule has 6 heteroatoms. The van der Waals surface area contributed by atoms with Crippen LogP contribution in [0.2, 0.25) is 0 Å². The van der Waals surface area contributed by atoms with E-state index in [2.05, 4.69) is 15.6 Å². The van der Waals surface area contributed by atoms with E-state index in [0.29, 0.717) is 18.1 Å². The van der Waals surface area contributed by atoms with Crippen molar-refractivity contribution in [3.05, 3.63) is 40.7 Å². The molecule has 0 saturated carbocycles. The minimum Gasteiger partial charge on any atom is -0.480 e. The van der Waals surface area contributed by atoms with Gasteiger partial charge in [0.05, 0.1) is 13.7 Å². The van der Waals surface area contributed by atoms with Crippen LogP contribution in [0, 0.1) is 0 Å². The molecule has 2 N–H and O–H groups in total. The third kappa shape index (κ3) is 3.21. The Bertz CT molecular complexity index is 514. The molecule has 0 unspecified atom stereocenters. The first-order valence-electron chi connectivity index (χ1n) is 5.36. The number of rotatable bonds is 4. The Hall–Kier alpha value is -2.08. The van der Waals surface area contributed by atoms with Gasteiger partial charge in [-0.25, -0.2) is 9.78 Å². The van der Waals surface area contributed by atoms with Gasteiger partial charge in [-0.15, -0.1) is 11.3 Å². The Morgan fingerprint density at radius 1 is 1.44 bits per heavy atom. The summed E-state index contributed by atoms with van der Waals surface area (Å²) in [5.74, 6) is 0.392. The molecule has 0 spiro atoms. The molecule has 2 amide bonds. The van der Waals surface area contributed by atoms with Crippen LogP contribution < -0.4 is 15.4 Å². The summed E-state index contributed by atoms with van der Waals surface area (Å²) in [6.45, 7) is 0.506. The maximum Gasteiger partial charge on any atom is 0.319 e. The van der Waals surface area contributed by atoms with E-state index in [4.69, 9.17) is 4.74 Å². The van der Waals surface area contributed by atoms with Crippen molar-refractivity contribution in [3.8, 4) is 5.88 Å². The highest BCUT2D eigenvalue weighted by Gasteiger charge is 2.07. The van der Waals surface area contributed by atoms with Crippen LogP contribution in [0.5, 0.6) is 5.88 Å². The molecule has 0 radical (unpaired) electrons. The van der Waals surface area contributed by atoms with E-state index in [9.17, 15) is 4.79 Å². The molecule has 0 atom stereocenters. The van der Waals surface area contributed by atoms with Crippen LogP contribution in [0.15, 0.2) is 35.8 Å². The van der Waals surface area contributed by atoms with E-state index in [1.807, 2.05) is 17.5 Å². The summed E-state index contributed by atoms with van der Waals surface area (Å²) in [6.07, 6.45) is 1.60. The summed E-state index contributed by atoms with van der Waals surface area (Å²) in [4.78, 5) is 16.8. The van der Waals surface area contributed by atoms with E-state index in [0.717, 1.165) is 4.88 Å². The SMILES string of the molecule is COc1ncccc1NC(=O)NCc1cccs1. The fourth-order valence-electron chi connectivity index (χ4n) is 1.40. The van der Waals surface area contributed by atoms with E-state index >= 15 is 0 Å². The van der Waals surface area contributed by atoms with Gasteiger partial charge in [-0.3, -0.25) is 0 Å². The van der Waals surface area contributed by atoms with Crippen LogP contribution in [0.3, 0.4) is 0 Å². The number of hydrogen-bond donors (Lipinski definition) is 2. The zero-order chi connectivity index (χ0) is 12.8. The van der Waals surface area contributed by atoms with Crippen molar-refractivity contribution in [1.29, 1.82) is 0 Å². The van der Waals surface area contributed by atoms with Crippen molar-refractivity contribution < 1.29 is 9.53 Å². The molecule has 0 bridgehead atoms. The van der Waals surface area contributed by atoms with E-state index < -0.39 is 0 Å². The van der Waals surface area contributed by atoms with Gasteiger partial charge in [-0.05, 0) is 23.6 Å². The second-order valence-electron chi connectivity index (χ2n) is 3.45. The summed E-state index contributed by atoms with van der Waals surface area (Å²) in [7, 11) is 1.51. The molecule has 5 nitrogen and oxygen atoms in total. The molecule has 94 valence electrons. The third-order valence-corrected chi connectivity index (χ3v) is 3.09. The predicted molar refractivity (Wildman–Crippen MR) is 71.0 cm³/mol. The lowest BCUT2D eigenvalue weighted by Gasteiger charge is -2.09. The van der Waals surface area contributed by atoms with Crippen LogP contribution in [0.1, 0.15) is 4.88 Å². The minimum atomic E-state index is -0.283. The van der Waals surface area contributed by atoms with Crippen molar-refractivity contribution in [1.82, 2.24) is 10.3 Å². The number of ether oxygens (including phenoxy) is 1. The second-order valence-corrected chi connectivity index (χ2v) is 4.48. The Kier molecular flexibility index (Phi) is 4.14. The average molecular weight is 263 g/mol. The lowest BCUT2D eigenvalue weighted by atomic mass is 10.4. The molecule has 0 aliphatic carbocycles. The predicted octanol–water partition coefficient (Wildman–Crippen LogP) is 2.47. The first-order valence-corrected chi connectivity index (χ1v) is 6.24. The largest absolute Gasteiger partial charge is 0.480 e. The van der Waals surface area contributed by atoms with Crippen molar-refractivity contribution >= 4 is 23.1 Å². The molecule has 0 saturated heterocycles. The van der Waals surface area contributed by atoms with Crippen molar-refractivity contribution in [3.63, 3.8) is 0 Å². The number of amides is 2. The molecular weight excluding hydrogens is 250 g/mol. The van der Waals surface area contributed by atoms with Gasteiger partial charge in [-0.1, -0.05) is 6.07 Å². The molecular formula is C12H13N3O2S. The zero-order valence-electron chi connectivity index (χ0n) is 9.84. The highest BCUT2D eigenvalue weighted by Crippen LogP contribution is 2.19. The smallest absolute Gasteiger partial charge is 0.319 e. The number of urea groups is 1. The molecule has 2 rings (SSSR count). The fourth-order valence-corrected chi connectivity index (χ4v) is 2.04. The first kappa shape index (κ1) is 12.4. The number of carbonyl (C=O) groups is 1. The van der Waals surface area contributed by atoms with Gasteiger partial charge in [0, 0.05) is 11.1 Å². The van der Waals surface area contributed by atoms with Gasteiger partial charge in [0.15, 0.2) is 0 Å². The van der Waals surface area contributed by atoms with Crippen LogP contribution in [-0.4, -0.2) is 18.1 Å². The highest BCUT2D eigenvalue weighted by atomic mass is 32.1. The number of nitrogens with zero attached hydrogens (tertiary/aromatic N) is 1. The lowest BCUT2D eigenvalue weighted by Crippen LogP contribution is -2.28. The van der Waals surface area contributed by atoms with E-state index in [1.165, 1.54) is 7.11 Å². The number of aromatic nitrogens is 1. The summed E-state index contributed by atoms with van der Waals surface area (Å²) in [5, 5.41) is 7.42. The summed E-state index contributed by atoms with van der Waals surface area (Å²) < 4.78 is 5.05. The molecule has 0 aliphatic heterocycles. The van der Waals surface area contributed by atoms with Gasteiger partial charge in [0.2, 0.25) is 5.88 Å². The Labute approximate surface area is 109 Å². The summed E-state index contributed by atoms with van der Waals surface area (Å²) >= 11 is 1.60. The van der Waals surface area contributed by atoms with Crippen molar-refractivity contribution in [2.24, 2.45) is 0 Å². The third-order valence-electron chi connectivity index (χ3n) is 2.22. The standard InChI is InChI=1S/C12H13N3O2S/c1-17-11-10(5-2-6-13-11)15-12(16)14-8-9-4-3-7-18-9/h2-7H,8H2,1H3,(H2,14,15,16). The number of nitrogens with one attached hydrogen (secondary N) is 2. The zero-order valence-corrected chi connectivity index (χ0v) is 10.7. The number of pyridine rings is 1. The van der Waals surface area contributed by atoms with Gasteiger partial charge >= 0.3 is 6.03 Å². The maximum atomic E-state index is 11.7. The molecule has 0 aliphatic rings. The normalized spacial score (nSPS) is 9.83. The van der Waals surface area contributed by atoms with Crippen LogP contribution in [0.25, 0.3) is 0 Å². The fraction of sp³-hybridized carbons (Fsp3) is 0.167. The van der Waals surface area contributed by atoms with Crippen LogP contribution in [-0.2, 0) is 6.54 Å².